The molecule has 2 aromatic heterocycles. The largest absolute Gasteiger partial charge is 0.291 e. The van der Waals surface area contributed by atoms with Gasteiger partial charge in [0.05, 0.1) is 24.0 Å². The lowest BCUT2D eigenvalue weighted by atomic mass is 9.75. The standard InChI is InChI=1S/C14H10N6/c15-7-14(13-3-6-18-10-20-13)8-16-4-1-11(14)12-2-5-17-9-19-12/h1-6,9-10H,8H2. The van der Waals surface area contributed by atoms with Gasteiger partial charge in [0.25, 0.3) is 0 Å². The number of aliphatic imine (C=N–C) groups is 1. The highest BCUT2D eigenvalue weighted by atomic mass is 14.9. The molecule has 0 fully saturated rings. The number of hydrogen-bond donors (Lipinski definition) is 0. The van der Waals surface area contributed by atoms with Gasteiger partial charge >= 0.3 is 0 Å². The molecule has 0 saturated heterocycles. The van der Waals surface area contributed by atoms with Crippen LogP contribution in [0.15, 0.2) is 48.2 Å². The third-order valence-electron chi connectivity index (χ3n) is 3.20. The first kappa shape index (κ1) is 12.1. The second-order valence-corrected chi connectivity index (χ2v) is 4.28. The summed E-state index contributed by atoms with van der Waals surface area (Å²) < 4.78 is 0. The van der Waals surface area contributed by atoms with Gasteiger partial charge in [-0.3, -0.25) is 4.99 Å². The lowest BCUT2D eigenvalue weighted by Gasteiger charge is -2.28. The van der Waals surface area contributed by atoms with E-state index in [0.717, 1.165) is 5.57 Å². The summed E-state index contributed by atoms with van der Waals surface area (Å²) >= 11 is 0. The molecule has 0 aliphatic carbocycles. The van der Waals surface area contributed by atoms with Gasteiger partial charge in [-0.15, -0.1) is 0 Å². The summed E-state index contributed by atoms with van der Waals surface area (Å²) in [5.41, 5.74) is 1.16. The van der Waals surface area contributed by atoms with Gasteiger partial charge in [0.2, 0.25) is 0 Å². The van der Waals surface area contributed by atoms with E-state index in [1.807, 2.05) is 0 Å². The molecule has 0 spiro atoms. The summed E-state index contributed by atoms with van der Waals surface area (Å²) in [6.45, 7) is 0.316. The first-order valence-electron chi connectivity index (χ1n) is 6.01. The van der Waals surface area contributed by atoms with Crippen molar-refractivity contribution < 1.29 is 0 Å². The van der Waals surface area contributed by atoms with Crippen LogP contribution >= 0.6 is 0 Å². The van der Waals surface area contributed by atoms with Crippen molar-refractivity contribution in [3.63, 3.8) is 0 Å². The molecule has 0 amide bonds. The minimum absolute atomic E-state index is 0.316. The maximum atomic E-state index is 9.76. The topological polar surface area (TPSA) is 87.7 Å². The van der Waals surface area contributed by atoms with Crippen LogP contribution in [0, 0.1) is 11.3 Å². The van der Waals surface area contributed by atoms with Crippen LogP contribution < -0.4 is 0 Å². The molecular weight excluding hydrogens is 252 g/mol. The summed E-state index contributed by atoms with van der Waals surface area (Å²) in [7, 11) is 0. The maximum absolute atomic E-state index is 9.76. The van der Waals surface area contributed by atoms with E-state index in [4.69, 9.17) is 0 Å². The molecule has 0 bridgehead atoms. The predicted molar refractivity (Wildman–Crippen MR) is 72.7 cm³/mol. The van der Waals surface area contributed by atoms with Gasteiger partial charge in [-0.2, -0.15) is 5.26 Å². The molecule has 1 unspecified atom stereocenters. The summed E-state index contributed by atoms with van der Waals surface area (Å²) in [4.78, 5) is 20.5. The van der Waals surface area contributed by atoms with E-state index in [0.29, 0.717) is 17.9 Å². The molecule has 3 heterocycles. The van der Waals surface area contributed by atoms with Crippen molar-refractivity contribution in [2.24, 2.45) is 4.99 Å². The molecule has 1 aliphatic heterocycles. The second-order valence-electron chi connectivity index (χ2n) is 4.28. The second kappa shape index (κ2) is 4.97. The van der Waals surface area contributed by atoms with E-state index < -0.39 is 5.41 Å². The molecular formula is C14H10N6. The van der Waals surface area contributed by atoms with Crippen LogP contribution in [0.5, 0.6) is 0 Å². The quantitative estimate of drug-likeness (QED) is 0.811. The van der Waals surface area contributed by atoms with Crippen LogP contribution in [0.3, 0.4) is 0 Å². The monoisotopic (exact) mass is 262 g/mol. The number of allylic oxidation sites excluding steroid dienone is 1. The van der Waals surface area contributed by atoms with Gasteiger partial charge in [0, 0.05) is 24.2 Å². The fourth-order valence-corrected chi connectivity index (χ4v) is 2.21. The molecule has 0 aromatic carbocycles. The first-order valence-corrected chi connectivity index (χ1v) is 6.01. The Morgan fingerprint density at radius 3 is 2.55 bits per heavy atom. The van der Waals surface area contributed by atoms with E-state index in [1.165, 1.54) is 12.7 Å². The zero-order valence-electron chi connectivity index (χ0n) is 10.5. The zero-order valence-corrected chi connectivity index (χ0v) is 10.5. The zero-order chi connectivity index (χ0) is 13.8. The summed E-state index contributed by atoms with van der Waals surface area (Å²) in [5, 5.41) is 9.76. The Labute approximate surface area is 115 Å². The van der Waals surface area contributed by atoms with E-state index in [9.17, 15) is 5.26 Å². The van der Waals surface area contributed by atoms with Crippen molar-refractivity contribution in [2.75, 3.05) is 6.54 Å². The molecule has 2 aromatic rings. The van der Waals surface area contributed by atoms with Crippen molar-refractivity contribution in [1.82, 2.24) is 19.9 Å². The smallest absolute Gasteiger partial charge is 0.146 e. The maximum Gasteiger partial charge on any atom is 0.146 e. The van der Waals surface area contributed by atoms with Gasteiger partial charge in [-0.1, -0.05) is 0 Å². The highest BCUT2D eigenvalue weighted by Crippen LogP contribution is 2.37. The lowest BCUT2D eigenvalue weighted by molar-refractivity contribution is 0.681. The summed E-state index contributed by atoms with van der Waals surface area (Å²) in [5.74, 6) is 0. The number of nitriles is 1. The highest BCUT2D eigenvalue weighted by Gasteiger charge is 2.40. The molecule has 6 nitrogen and oxygen atoms in total. The number of aromatic nitrogens is 4. The fraction of sp³-hybridized carbons (Fsp3) is 0.143. The molecule has 6 heteroatoms. The van der Waals surface area contributed by atoms with Gasteiger partial charge in [0.15, 0.2) is 0 Å². The van der Waals surface area contributed by atoms with Gasteiger partial charge < -0.3 is 0 Å². The fourth-order valence-electron chi connectivity index (χ4n) is 2.21. The van der Waals surface area contributed by atoms with Crippen molar-refractivity contribution in [3.05, 3.63) is 54.6 Å². The molecule has 0 saturated carbocycles. The third-order valence-corrected chi connectivity index (χ3v) is 3.20. The Morgan fingerprint density at radius 2 is 1.90 bits per heavy atom. The minimum Gasteiger partial charge on any atom is -0.291 e. The molecule has 96 valence electrons. The first-order chi connectivity index (χ1) is 9.87. The molecule has 0 radical (unpaired) electrons. The molecule has 20 heavy (non-hydrogen) atoms. The normalized spacial score (nSPS) is 21.1. The van der Waals surface area contributed by atoms with E-state index in [-0.39, 0.29) is 0 Å². The van der Waals surface area contributed by atoms with Gasteiger partial charge in [0.1, 0.15) is 18.1 Å². The summed E-state index contributed by atoms with van der Waals surface area (Å²) in [6.07, 6.45) is 9.66. The SMILES string of the molecule is N#CC1(c2ccncn2)CN=CC=C1c1ccncn1. The number of dihydropyridines is 1. The van der Waals surface area contributed by atoms with Crippen LogP contribution in [0.2, 0.25) is 0 Å². The Bertz CT molecular complexity index is 701. The highest BCUT2D eigenvalue weighted by molar-refractivity contribution is 5.91. The van der Waals surface area contributed by atoms with Gasteiger partial charge in [-0.05, 0) is 18.2 Å². The van der Waals surface area contributed by atoms with E-state index in [2.05, 4.69) is 31.0 Å². The predicted octanol–water partition coefficient (Wildman–Crippen LogP) is 1.20. The van der Waals surface area contributed by atoms with Crippen molar-refractivity contribution in [3.8, 4) is 6.07 Å². The van der Waals surface area contributed by atoms with Gasteiger partial charge in [-0.25, -0.2) is 19.9 Å². The Morgan fingerprint density at radius 1 is 1.10 bits per heavy atom. The average Bonchev–Trinajstić information content (AvgIpc) is 2.56. The van der Waals surface area contributed by atoms with Crippen molar-refractivity contribution in [2.45, 2.75) is 5.41 Å². The molecule has 0 N–H and O–H groups in total. The van der Waals surface area contributed by atoms with E-state index >= 15 is 0 Å². The molecule has 1 aliphatic rings. The Hall–Kier alpha value is -2.94. The molecule has 3 rings (SSSR count). The van der Waals surface area contributed by atoms with Crippen LogP contribution in [0.4, 0.5) is 0 Å². The Kier molecular flexibility index (Phi) is 3.01. The van der Waals surface area contributed by atoms with Crippen LogP contribution in [0.1, 0.15) is 11.4 Å². The third kappa shape index (κ3) is 1.86. The van der Waals surface area contributed by atoms with E-state index in [1.54, 1.807) is 36.8 Å². The van der Waals surface area contributed by atoms with Crippen LogP contribution in [0.25, 0.3) is 5.57 Å². The Balaban J connectivity index is 2.18. The van der Waals surface area contributed by atoms with Crippen LogP contribution in [-0.2, 0) is 5.41 Å². The average molecular weight is 262 g/mol. The minimum atomic E-state index is -0.938. The van der Waals surface area contributed by atoms with Crippen molar-refractivity contribution >= 4 is 11.8 Å². The van der Waals surface area contributed by atoms with Crippen molar-refractivity contribution in [1.29, 1.82) is 5.26 Å². The lowest BCUT2D eigenvalue weighted by Crippen LogP contribution is -2.33. The number of hydrogen-bond acceptors (Lipinski definition) is 6. The number of rotatable bonds is 2. The van der Waals surface area contributed by atoms with Crippen LogP contribution in [-0.4, -0.2) is 32.7 Å². The summed E-state index contributed by atoms with van der Waals surface area (Å²) in [6, 6.07) is 5.86. The molecule has 1 atom stereocenters. The number of nitrogens with zero attached hydrogens (tertiary/aromatic N) is 6.